The van der Waals surface area contributed by atoms with Gasteiger partial charge in [-0.2, -0.15) is 0 Å². The van der Waals surface area contributed by atoms with Gasteiger partial charge in [-0.05, 0) is 24.6 Å². The molecule has 0 bridgehead atoms. The van der Waals surface area contributed by atoms with Crippen molar-refractivity contribution in [2.24, 2.45) is 4.99 Å². The summed E-state index contributed by atoms with van der Waals surface area (Å²) in [7, 11) is 4.88. The Morgan fingerprint density at radius 2 is 1.79 bits per heavy atom. The van der Waals surface area contributed by atoms with Gasteiger partial charge in [-0.25, -0.2) is 9.79 Å². The topological polar surface area (TPSA) is 77.9 Å². The van der Waals surface area contributed by atoms with Crippen molar-refractivity contribution in [2.45, 2.75) is 25.7 Å². The van der Waals surface area contributed by atoms with Crippen molar-refractivity contribution < 1.29 is 19.1 Å². The van der Waals surface area contributed by atoms with Crippen LogP contribution in [-0.2, 0) is 11.3 Å². The molecule has 2 unspecified atom stereocenters. The summed E-state index contributed by atoms with van der Waals surface area (Å²) < 4.78 is 10.9. The van der Waals surface area contributed by atoms with Crippen LogP contribution in [0.2, 0.25) is 0 Å². The van der Waals surface area contributed by atoms with Gasteiger partial charge in [0.1, 0.15) is 11.5 Å². The number of hydrogen-bond acceptors (Lipinski definition) is 7. The number of carbonyl (C=O) groups is 2. The molecule has 0 aromatic heterocycles. The van der Waals surface area contributed by atoms with Gasteiger partial charge in [0.2, 0.25) is 5.96 Å². The fourth-order valence-corrected chi connectivity index (χ4v) is 4.53. The Balaban J connectivity index is 1.49. The van der Waals surface area contributed by atoms with Gasteiger partial charge in [-0.3, -0.25) is 14.6 Å². The number of hydrogen-bond donors (Lipinski definition) is 0. The number of guanidine groups is 1. The predicted molar refractivity (Wildman–Crippen MR) is 123 cm³/mol. The molecule has 0 spiro atoms. The van der Waals surface area contributed by atoms with E-state index in [1.165, 1.54) is 9.80 Å². The van der Waals surface area contributed by atoms with E-state index in [1.807, 2.05) is 65.4 Å². The molecule has 0 saturated carbocycles. The second kappa shape index (κ2) is 7.84. The molecular formula is C24H25N5O4. The number of amides is 3. The highest BCUT2D eigenvalue weighted by molar-refractivity contribution is 6.10. The highest BCUT2D eigenvalue weighted by Crippen LogP contribution is 2.41. The molecular weight excluding hydrogens is 422 g/mol. The Kier molecular flexibility index (Phi) is 4.96. The maximum absolute atomic E-state index is 13.5. The van der Waals surface area contributed by atoms with E-state index >= 15 is 0 Å². The normalized spacial score (nSPS) is 21.7. The Bertz CT molecular complexity index is 1180. The largest absolute Gasteiger partial charge is 0.497 e. The number of imide groups is 1. The molecule has 9 heteroatoms. The lowest BCUT2D eigenvalue weighted by Gasteiger charge is -2.40. The molecule has 33 heavy (non-hydrogen) atoms. The van der Waals surface area contributed by atoms with E-state index in [4.69, 9.17) is 14.5 Å². The summed E-state index contributed by atoms with van der Waals surface area (Å²) in [5, 5.41) is 0. The van der Waals surface area contributed by atoms with Crippen molar-refractivity contribution in [3.63, 3.8) is 0 Å². The second-order valence-corrected chi connectivity index (χ2v) is 8.14. The summed E-state index contributed by atoms with van der Waals surface area (Å²) in [6.45, 7) is 2.16. The third-order valence-electron chi connectivity index (χ3n) is 6.20. The molecule has 170 valence electrons. The van der Waals surface area contributed by atoms with Crippen molar-refractivity contribution in [2.75, 3.05) is 26.2 Å². The molecule has 3 aliphatic heterocycles. The van der Waals surface area contributed by atoms with Gasteiger partial charge in [-0.1, -0.05) is 30.3 Å². The Morgan fingerprint density at radius 3 is 2.48 bits per heavy atom. The molecule has 1 saturated heterocycles. The second-order valence-electron chi connectivity index (χ2n) is 8.14. The summed E-state index contributed by atoms with van der Waals surface area (Å²) in [4.78, 5) is 38.0. The van der Waals surface area contributed by atoms with Gasteiger partial charge in [0.05, 0.1) is 26.5 Å². The smallest absolute Gasteiger partial charge is 0.328 e. The van der Waals surface area contributed by atoms with Crippen LogP contribution in [0.25, 0.3) is 0 Å². The minimum absolute atomic E-state index is 0.216. The number of benzene rings is 2. The monoisotopic (exact) mass is 447 g/mol. The number of anilines is 1. The molecule has 3 heterocycles. The first-order chi connectivity index (χ1) is 15.9. The number of fused-ring (bicyclic) bond motifs is 3. The van der Waals surface area contributed by atoms with E-state index in [1.54, 1.807) is 27.3 Å². The molecule has 9 nitrogen and oxygen atoms in total. The van der Waals surface area contributed by atoms with Gasteiger partial charge in [0, 0.05) is 25.0 Å². The Hall–Kier alpha value is -4.01. The van der Waals surface area contributed by atoms with E-state index in [-0.39, 0.29) is 18.5 Å². The van der Waals surface area contributed by atoms with Gasteiger partial charge in [0.25, 0.3) is 5.91 Å². The van der Waals surface area contributed by atoms with Crippen LogP contribution in [0.5, 0.6) is 11.5 Å². The quantitative estimate of drug-likeness (QED) is 0.702. The summed E-state index contributed by atoms with van der Waals surface area (Å²) in [5.74, 6) is 1.61. The van der Waals surface area contributed by atoms with E-state index in [9.17, 15) is 9.59 Å². The number of rotatable bonds is 5. The predicted octanol–water partition coefficient (Wildman–Crippen LogP) is 2.85. The first-order valence-corrected chi connectivity index (χ1v) is 10.6. The molecule has 5 rings (SSSR count). The number of aliphatic imine (C=N–C) groups is 1. The average molecular weight is 447 g/mol. The Labute approximate surface area is 192 Å². The fraction of sp³-hybridized carbons (Fsp3) is 0.292. The third-order valence-corrected chi connectivity index (χ3v) is 6.20. The summed E-state index contributed by atoms with van der Waals surface area (Å²) >= 11 is 0. The number of urea groups is 1. The van der Waals surface area contributed by atoms with Crippen LogP contribution in [0.15, 0.2) is 65.4 Å². The number of carbonyl (C=O) groups excluding carboxylic acids is 2. The molecule has 2 aromatic carbocycles. The first kappa shape index (κ1) is 20.9. The molecule has 0 radical (unpaired) electrons. The summed E-state index contributed by atoms with van der Waals surface area (Å²) in [5.41, 5.74) is 2.55. The first-order valence-electron chi connectivity index (χ1n) is 10.6. The zero-order valence-corrected chi connectivity index (χ0v) is 18.9. The Morgan fingerprint density at radius 1 is 1.03 bits per heavy atom. The van der Waals surface area contributed by atoms with Crippen molar-refractivity contribution in [3.05, 3.63) is 66.0 Å². The third kappa shape index (κ3) is 3.19. The average Bonchev–Trinajstić information content (AvgIpc) is 3.35. The van der Waals surface area contributed by atoms with Crippen LogP contribution in [0.1, 0.15) is 12.5 Å². The maximum Gasteiger partial charge on any atom is 0.328 e. The lowest BCUT2D eigenvalue weighted by Crippen LogP contribution is -2.63. The van der Waals surface area contributed by atoms with Crippen molar-refractivity contribution in [1.82, 2.24) is 14.7 Å². The van der Waals surface area contributed by atoms with E-state index in [0.29, 0.717) is 17.5 Å². The van der Waals surface area contributed by atoms with Crippen LogP contribution < -0.4 is 14.4 Å². The minimum atomic E-state index is -0.629. The van der Waals surface area contributed by atoms with Crippen LogP contribution >= 0.6 is 0 Å². The van der Waals surface area contributed by atoms with E-state index in [0.717, 1.165) is 16.9 Å². The molecule has 2 atom stereocenters. The van der Waals surface area contributed by atoms with Crippen molar-refractivity contribution in [3.8, 4) is 11.5 Å². The number of methoxy groups -OCH3 is 2. The zero-order valence-electron chi connectivity index (χ0n) is 18.9. The van der Waals surface area contributed by atoms with Crippen molar-refractivity contribution in [1.29, 1.82) is 0 Å². The van der Waals surface area contributed by atoms with Crippen LogP contribution in [-0.4, -0.2) is 66.1 Å². The molecule has 0 N–H and O–H groups in total. The fourth-order valence-electron chi connectivity index (χ4n) is 4.53. The number of allylic oxidation sites excluding steroid dienone is 1. The highest BCUT2D eigenvalue weighted by Gasteiger charge is 2.54. The SMILES string of the molecule is COc1ccc(N2C(C)=CN3C2=NC2C3C(=O)N(Cc3ccccc3)C(=O)N2C)c(OC)c1. The van der Waals surface area contributed by atoms with Crippen LogP contribution in [0.4, 0.5) is 10.5 Å². The van der Waals surface area contributed by atoms with Gasteiger partial charge in [0.15, 0.2) is 12.2 Å². The maximum atomic E-state index is 13.5. The number of ether oxygens (including phenoxy) is 2. The van der Waals surface area contributed by atoms with Gasteiger partial charge in [-0.15, -0.1) is 0 Å². The summed E-state index contributed by atoms with van der Waals surface area (Å²) in [6, 6.07) is 14.1. The molecule has 0 aliphatic carbocycles. The van der Waals surface area contributed by atoms with E-state index in [2.05, 4.69) is 0 Å². The molecule has 1 fully saturated rings. The zero-order chi connectivity index (χ0) is 23.3. The van der Waals surface area contributed by atoms with Crippen LogP contribution in [0, 0.1) is 0 Å². The number of likely N-dealkylation sites (N-methyl/N-ethyl adjacent to an activating group) is 1. The standard InChI is InChI=1S/C24H25N5O4/c1-15-13-27-20-21(25-23(27)29(15)18-11-10-17(32-3)12-19(18)33-4)26(2)24(31)28(22(20)30)14-16-8-6-5-7-9-16/h5-13,20-21H,14H2,1-4H3. The highest BCUT2D eigenvalue weighted by atomic mass is 16.5. The lowest BCUT2D eigenvalue weighted by atomic mass is 10.1. The molecule has 3 aliphatic rings. The minimum Gasteiger partial charge on any atom is -0.497 e. The summed E-state index contributed by atoms with van der Waals surface area (Å²) in [6.07, 6.45) is 1.29. The van der Waals surface area contributed by atoms with Crippen molar-refractivity contribution >= 4 is 23.6 Å². The van der Waals surface area contributed by atoms with E-state index < -0.39 is 12.2 Å². The molecule has 2 aromatic rings. The van der Waals surface area contributed by atoms with Gasteiger partial charge >= 0.3 is 6.03 Å². The van der Waals surface area contributed by atoms with Gasteiger partial charge < -0.3 is 19.3 Å². The lowest BCUT2D eigenvalue weighted by molar-refractivity contribution is -0.137. The number of nitrogens with zero attached hydrogens (tertiary/aromatic N) is 5. The van der Waals surface area contributed by atoms with Crippen LogP contribution in [0.3, 0.4) is 0 Å². The molecule has 3 amide bonds.